The summed E-state index contributed by atoms with van der Waals surface area (Å²) in [5, 5.41) is 5.02. The van der Waals surface area contributed by atoms with Gasteiger partial charge >= 0.3 is 0 Å². The lowest BCUT2D eigenvalue weighted by Gasteiger charge is -2.45. The van der Waals surface area contributed by atoms with Gasteiger partial charge in [0.2, 0.25) is 0 Å². The highest BCUT2D eigenvalue weighted by molar-refractivity contribution is 6.16. The topological polar surface area (TPSA) is 6.48 Å². The molecule has 2 nitrogen and oxygen atoms in total. The van der Waals surface area contributed by atoms with Crippen LogP contribution in [0.4, 0.5) is 34.1 Å². The van der Waals surface area contributed by atoms with Crippen molar-refractivity contribution in [2.75, 3.05) is 9.80 Å². The van der Waals surface area contributed by atoms with Crippen molar-refractivity contribution in [2.45, 2.75) is 19.3 Å². The maximum Gasteiger partial charge on any atom is 0.0755 e. The van der Waals surface area contributed by atoms with Crippen molar-refractivity contribution in [2.24, 2.45) is 0 Å². The average Bonchev–Trinajstić information content (AvgIpc) is 3.54. The molecule has 0 aromatic heterocycles. The van der Waals surface area contributed by atoms with E-state index in [4.69, 9.17) is 0 Å². The van der Waals surface area contributed by atoms with Crippen LogP contribution in [-0.2, 0) is 5.41 Å². The summed E-state index contributed by atoms with van der Waals surface area (Å²) in [5.41, 5.74) is 16.7. The van der Waals surface area contributed by atoms with E-state index in [1.54, 1.807) is 0 Å². The minimum Gasteiger partial charge on any atom is -0.310 e. The number of nitrogens with zero attached hydrogens (tertiary/aromatic N) is 2. The first-order valence-electron chi connectivity index (χ1n) is 19.2. The van der Waals surface area contributed by atoms with Gasteiger partial charge in [-0.15, -0.1) is 0 Å². The average molecular weight is 703 g/mol. The molecule has 0 atom stereocenters. The zero-order valence-electron chi connectivity index (χ0n) is 30.9. The van der Waals surface area contributed by atoms with Gasteiger partial charge in [-0.05, 0) is 118 Å². The van der Waals surface area contributed by atoms with Gasteiger partial charge in [-0.2, -0.15) is 0 Å². The number of hydrogen-bond acceptors (Lipinski definition) is 2. The largest absolute Gasteiger partial charge is 0.310 e. The molecule has 9 aromatic carbocycles. The molecule has 0 saturated heterocycles. The van der Waals surface area contributed by atoms with Gasteiger partial charge in [0.25, 0.3) is 0 Å². The molecule has 1 heterocycles. The maximum absolute atomic E-state index is 2.54. The van der Waals surface area contributed by atoms with E-state index in [0.717, 1.165) is 17.1 Å². The fourth-order valence-corrected chi connectivity index (χ4v) is 9.60. The lowest BCUT2D eigenvalue weighted by Crippen LogP contribution is -2.36. The van der Waals surface area contributed by atoms with E-state index in [1.807, 2.05) is 0 Å². The Balaban J connectivity index is 1.33. The normalized spacial score (nSPS) is 13.4. The predicted molar refractivity (Wildman–Crippen MR) is 231 cm³/mol. The summed E-state index contributed by atoms with van der Waals surface area (Å²) in [4.78, 5) is 4.93. The van der Waals surface area contributed by atoms with E-state index < -0.39 is 5.41 Å². The van der Waals surface area contributed by atoms with Crippen molar-refractivity contribution < 1.29 is 0 Å². The molecule has 0 unspecified atom stereocenters. The predicted octanol–water partition coefficient (Wildman–Crippen LogP) is 14.2. The summed E-state index contributed by atoms with van der Waals surface area (Å²) in [7, 11) is 0. The van der Waals surface area contributed by atoms with E-state index in [0.29, 0.717) is 0 Å². The first kappa shape index (κ1) is 31.6. The Kier molecular flexibility index (Phi) is 6.93. The summed E-state index contributed by atoms with van der Waals surface area (Å²) in [6, 6.07) is 72.3. The first-order chi connectivity index (χ1) is 27.1. The number of para-hydroxylation sites is 3. The highest BCUT2D eigenvalue weighted by atomic mass is 15.2. The zero-order chi connectivity index (χ0) is 36.7. The molecule has 2 heteroatoms. The zero-order valence-corrected chi connectivity index (χ0v) is 30.9. The standard InChI is InChI=1S/C53H38N2/c1-35-24-29-39(30-25-35)54(40-31-26-36(2)27-32-40)50-34-47-52(43-19-9-8-18-42(43)50)51-41-17-7-6-14-37(41)28-33-46(51)53(47)44-20-10-12-22-48(44)55(38-15-4-3-5-16-38)49-23-13-11-21-45(49)53/h3-34H,1-2H3. The van der Waals surface area contributed by atoms with Crippen LogP contribution in [0.25, 0.3) is 32.7 Å². The Morgan fingerprint density at radius 2 is 0.909 bits per heavy atom. The molecule has 0 radical (unpaired) electrons. The van der Waals surface area contributed by atoms with Gasteiger partial charge in [-0.25, -0.2) is 0 Å². The summed E-state index contributed by atoms with van der Waals surface area (Å²) in [6.07, 6.45) is 0. The second-order valence-corrected chi connectivity index (χ2v) is 15.0. The summed E-state index contributed by atoms with van der Waals surface area (Å²) >= 11 is 0. The maximum atomic E-state index is 2.54. The van der Waals surface area contributed by atoms with Gasteiger partial charge < -0.3 is 9.80 Å². The molecule has 0 fully saturated rings. The van der Waals surface area contributed by atoms with Crippen LogP contribution in [0.15, 0.2) is 194 Å². The number of rotatable bonds is 4. The van der Waals surface area contributed by atoms with E-state index in [9.17, 15) is 0 Å². The molecule has 260 valence electrons. The number of aryl methyl sites for hydroxylation is 2. The SMILES string of the molecule is Cc1ccc(N(c2ccc(C)cc2)c2cc3c(c4ccccc24)-c2c(ccc4ccccc24)C32c3ccccc3N(c3ccccc3)c3ccccc32)cc1. The van der Waals surface area contributed by atoms with Gasteiger partial charge in [-0.1, -0.05) is 151 Å². The van der Waals surface area contributed by atoms with Gasteiger partial charge in [0.15, 0.2) is 0 Å². The van der Waals surface area contributed by atoms with Crippen molar-refractivity contribution in [3.8, 4) is 11.1 Å². The monoisotopic (exact) mass is 702 g/mol. The van der Waals surface area contributed by atoms with Crippen molar-refractivity contribution in [3.05, 3.63) is 228 Å². The van der Waals surface area contributed by atoms with E-state index >= 15 is 0 Å². The molecule has 9 aromatic rings. The van der Waals surface area contributed by atoms with Crippen LogP contribution in [0.3, 0.4) is 0 Å². The van der Waals surface area contributed by atoms with E-state index in [2.05, 4.69) is 218 Å². The van der Waals surface area contributed by atoms with Gasteiger partial charge in [-0.3, -0.25) is 0 Å². The van der Waals surface area contributed by atoms with Crippen LogP contribution >= 0.6 is 0 Å². The van der Waals surface area contributed by atoms with Crippen LogP contribution < -0.4 is 9.80 Å². The second kappa shape index (κ2) is 12.1. The van der Waals surface area contributed by atoms with E-state index in [-0.39, 0.29) is 0 Å². The van der Waals surface area contributed by atoms with Crippen LogP contribution in [0.2, 0.25) is 0 Å². The number of anilines is 6. The minimum absolute atomic E-state index is 0.599. The molecular formula is C53H38N2. The lowest BCUT2D eigenvalue weighted by atomic mass is 9.64. The molecular weight excluding hydrogens is 665 g/mol. The van der Waals surface area contributed by atoms with Crippen molar-refractivity contribution in [1.82, 2.24) is 0 Å². The molecule has 55 heavy (non-hydrogen) atoms. The molecule has 2 aliphatic rings. The number of benzene rings is 9. The fraction of sp³-hybridized carbons (Fsp3) is 0.0566. The van der Waals surface area contributed by atoms with Crippen LogP contribution in [0.1, 0.15) is 33.4 Å². The van der Waals surface area contributed by atoms with Crippen LogP contribution in [0, 0.1) is 13.8 Å². The molecule has 0 amide bonds. The number of fused-ring (bicyclic) bond motifs is 13. The van der Waals surface area contributed by atoms with Crippen LogP contribution in [0.5, 0.6) is 0 Å². The van der Waals surface area contributed by atoms with Gasteiger partial charge in [0.05, 0.1) is 22.5 Å². The second-order valence-electron chi connectivity index (χ2n) is 15.0. The molecule has 0 N–H and O–H groups in total. The quantitative estimate of drug-likeness (QED) is 0.180. The van der Waals surface area contributed by atoms with Gasteiger partial charge in [0, 0.05) is 22.4 Å². The summed E-state index contributed by atoms with van der Waals surface area (Å²) < 4.78 is 0. The molecule has 0 saturated carbocycles. The van der Waals surface area contributed by atoms with Gasteiger partial charge in [0.1, 0.15) is 0 Å². The number of hydrogen-bond donors (Lipinski definition) is 0. The first-order valence-corrected chi connectivity index (χ1v) is 19.2. The Bertz CT molecular complexity index is 2850. The highest BCUT2D eigenvalue weighted by Crippen LogP contribution is 2.66. The Morgan fingerprint density at radius 3 is 1.55 bits per heavy atom. The molecule has 1 aliphatic carbocycles. The molecule has 11 rings (SSSR count). The molecule has 1 spiro atoms. The van der Waals surface area contributed by atoms with Crippen molar-refractivity contribution in [1.29, 1.82) is 0 Å². The Hall–Kier alpha value is -6.90. The van der Waals surface area contributed by atoms with Crippen molar-refractivity contribution >= 4 is 55.7 Å². The van der Waals surface area contributed by atoms with E-state index in [1.165, 1.54) is 83.1 Å². The van der Waals surface area contributed by atoms with Crippen LogP contribution in [-0.4, -0.2) is 0 Å². The third kappa shape index (κ3) is 4.49. The van der Waals surface area contributed by atoms with Crippen molar-refractivity contribution in [3.63, 3.8) is 0 Å². The lowest BCUT2D eigenvalue weighted by molar-refractivity contribution is 0.753. The highest BCUT2D eigenvalue weighted by Gasteiger charge is 2.53. The fourth-order valence-electron chi connectivity index (χ4n) is 9.60. The summed E-state index contributed by atoms with van der Waals surface area (Å²) in [6.45, 7) is 4.32. The smallest absolute Gasteiger partial charge is 0.0755 e. The Morgan fingerprint density at radius 1 is 0.400 bits per heavy atom. The molecule has 0 bridgehead atoms. The third-order valence-electron chi connectivity index (χ3n) is 11.9. The summed E-state index contributed by atoms with van der Waals surface area (Å²) in [5.74, 6) is 0. The Labute approximate surface area is 322 Å². The minimum atomic E-state index is -0.599. The third-order valence-corrected chi connectivity index (χ3v) is 11.9. The molecule has 1 aliphatic heterocycles.